The van der Waals surface area contributed by atoms with E-state index in [0.717, 1.165) is 11.1 Å². The van der Waals surface area contributed by atoms with E-state index in [2.05, 4.69) is 6.92 Å². The van der Waals surface area contributed by atoms with E-state index in [1.54, 1.807) is 12.1 Å². The summed E-state index contributed by atoms with van der Waals surface area (Å²) in [6.45, 7) is 2.06. The fourth-order valence-electron chi connectivity index (χ4n) is 3.29. The molecule has 0 aromatic heterocycles. The molecule has 0 heterocycles. The van der Waals surface area contributed by atoms with E-state index in [9.17, 15) is 9.18 Å². The maximum Gasteiger partial charge on any atom is 0.224 e. The Labute approximate surface area is 153 Å². The number of hydrogen-bond donors (Lipinski definition) is 1. The van der Waals surface area contributed by atoms with Crippen LogP contribution in [0.15, 0.2) is 78.9 Å². The van der Waals surface area contributed by atoms with Crippen LogP contribution in [0.4, 0.5) is 4.39 Å². The summed E-state index contributed by atoms with van der Waals surface area (Å²) in [4.78, 5) is 12.0. The van der Waals surface area contributed by atoms with Gasteiger partial charge in [0.15, 0.2) is 0 Å². The van der Waals surface area contributed by atoms with Crippen molar-refractivity contribution in [3.63, 3.8) is 0 Å². The first-order chi connectivity index (χ1) is 12.6. The van der Waals surface area contributed by atoms with Crippen molar-refractivity contribution in [1.29, 1.82) is 0 Å². The molecule has 2 unspecified atom stereocenters. The van der Waals surface area contributed by atoms with Crippen LogP contribution in [-0.2, 0) is 4.79 Å². The number of carbonyl (C=O) groups is 1. The molecular formula is C23H22FNO. The minimum Gasteiger partial charge on any atom is -0.369 e. The summed E-state index contributed by atoms with van der Waals surface area (Å²) in [6, 6.07) is 24.3. The third-order valence-corrected chi connectivity index (χ3v) is 4.78. The number of nitrogens with two attached hydrogens (primary N) is 1. The lowest BCUT2D eigenvalue weighted by molar-refractivity contribution is -0.119. The molecule has 3 aromatic carbocycles. The van der Waals surface area contributed by atoms with E-state index in [-0.39, 0.29) is 11.7 Å². The standard InChI is InChI=1S/C23H22FNO/c1-16(17-8-4-2-5-9-17)14-21(23(25)26)19-12-13-20(22(24)15-19)18-10-6-3-7-11-18/h2-13,15-16,21H,14H2,1H3,(H2,25,26). The Morgan fingerprint density at radius 2 is 1.54 bits per heavy atom. The van der Waals surface area contributed by atoms with E-state index in [1.807, 2.05) is 60.7 Å². The fourth-order valence-corrected chi connectivity index (χ4v) is 3.29. The molecule has 0 aliphatic carbocycles. The molecule has 0 aliphatic rings. The van der Waals surface area contributed by atoms with Gasteiger partial charge in [-0.2, -0.15) is 0 Å². The number of primary amides is 1. The lowest BCUT2D eigenvalue weighted by atomic mass is 9.85. The van der Waals surface area contributed by atoms with Crippen LogP contribution in [0.3, 0.4) is 0 Å². The lowest BCUT2D eigenvalue weighted by Gasteiger charge is -2.20. The van der Waals surface area contributed by atoms with Gasteiger partial charge < -0.3 is 5.73 Å². The summed E-state index contributed by atoms with van der Waals surface area (Å²) in [6.07, 6.45) is 0.545. The predicted molar refractivity (Wildman–Crippen MR) is 103 cm³/mol. The van der Waals surface area contributed by atoms with Crippen molar-refractivity contribution in [3.8, 4) is 11.1 Å². The minimum atomic E-state index is -0.524. The largest absolute Gasteiger partial charge is 0.369 e. The number of benzene rings is 3. The second-order valence-electron chi connectivity index (χ2n) is 6.61. The molecule has 0 spiro atoms. The molecule has 26 heavy (non-hydrogen) atoms. The van der Waals surface area contributed by atoms with Gasteiger partial charge >= 0.3 is 0 Å². The van der Waals surface area contributed by atoms with Gasteiger partial charge in [-0.15, -0.1) is 0 Å². The van der Waals surface area contributed by atoms with E-state index >= 15 is 0 Å². The molecule has 2 N–H and O–H groups in total. The molecule has 132 valence electrons. The SMILES string of the molecule is CC(CC(C(N)=O)c1ccc(-c2ccccc2)c(F)c1)c1ccccc1. The van der Waals surface area contributed by atoms with Crippen LogP contribution in [0, 0.1) is 5.82 Å². The number of halogens is 1. The first-order valence-corrected chi connectivity index (χ1v) is 8.75. The van der Waals surface area contributed by atoms with Gasteiger partial charge in [0, 0.05) is 5.56 Å². The Bertz CT molecular complexity index is 877. The van der Waals surface area contributed by atoms with Crippen molar-refractivity contribution in [3.05, 3.63) is 95.8 Å². The number of hydrogen-bond acceptors (Lipinski definition) is 1. The highest BCUT2D eigenvalue weighted by Gasteiger charge is 2.22. The Balaban J connectivity index is 1.87. The zero-order valence-corrected chi connectivity index (χ0v) is 14.7. The van der Waals surface area contributed by atoms with Gasteiger partial charge in [-0.3, -0.25) is 4.79 Å². The van der Waals surface area contributed by atoms with Crippen LogP contribution in [0.5, 0.6) is 0 Å². The average molecular weight is 347 g/mol. The second-order valence-corrected chi connectivity index (χ2v) is 6.61. The molecule has 2 atom stereocenters. The molecule has 1 amide bonds. The molecule has 0 radical (unpaired) electrons. The zero-order valence-electron chi connectivity index (χ0n) is 14.7. The third-order valence-electron chi connectivity index (χ3n) is 4.78. The van der Waals surface area contributed by atoms with E-state index in [4.69, 9.17) is 5.73 Å². The van der Waals surface area contributed by atoms with Crippen LogP contribution in [0.25, 0.3) is 11.1 Å². The number of carbonyl (C=O) groups excluding carboxylic acids is 1. The molecule has 3 heteroatoms. The minimum absolute atomic E-state index is 0.144. The highest BCUT2D eigenvalue weighted by molar-refractivity contribution is 5.82. The molecule has 0 aliphatic heterocycles. The van der Waals surface area contributed by atoms with Gasteiger partial charge in [0.1, 0.15) is 5.82 Å². The second kappa shape index (κ2) is 7.96. The predicted octanol–water partition coefficient (Wildman–Crippen LogP) is 5.26. The molecular weight excluding hydrogens is 325 g/mol. The number of amides is 1. The third kappa shape index (κ3) is 3.99. The van der Waals surface area contributed by atoms with Crippen LogP contribution in [0.1, 0.15) is 36.3 Å². The molecule has 3 rings (SSSR count). The van der Waals surface area contributed by atoms with Crippen LogP contribution < -0.4 is 5.73 Å². The van der Waals surface area contributed by atoms with Gasteiger partial charge in [0.2, 0.25) is 5.91 Å². The summed E-state index contributed by atoms with van der Waals surface area (Å²) < 4.78 is 14.7. The topological polar surface area (TPSA) is 43.1 Å². The van der Waals surface area contributed by atoms with Crippen molar-refractivity contribution in [1.82, 2.24) is 0 Å². The number of rotatable bonds is 6. The maximum atomic E-state index is 14.7. The molecule has 3 aromatic rings. The average Bonchev–Trinajstić information content (AvgIpc) is 2.67. The molecule has 2 nitrogen and oxygen atoms in total. The van der Waals surface area contributed by atoms with Gasteiger partial charge in [-0.05, 0) is 35.1 Å². The lowest BCUT2D eigenvalue weighted by Crippen LogP contribution is -2.23. The summed E-state index contributed by atoms with van der Waals surface area (Å²) in [5.41, 5.74) is 8.73. The Morgan fingerprint density at radius 1 is 0.923 bits per heavy atom. The highest BCUT2D eigenvalue weighted by Crippen LogP contribution is 2.32. The van der Waals surface area contributed by atoms with Gasteiger partial charge in [-0.1, -0.05) is 79.7 Å². The van der Waals surface area contributed by atoms with Crippen molar-refractivity contribution in [2.24, 2.45) is 5.73 Å². The van der Waals surface area contributed by atoms with Crippen LogP contribution in [0.2, 0.25) is 0 Å². The van der Waals surface area contributed by atoms with Crippen molar-refractivity contribution < 1.29 is 9.18 Å². The smallest absolute Gasteiger partial charge is 0.224 e. The maximum absolute atomic E-state index is 14.7. The van der Waals surface area contributed by atoms with E-state index in [0.29, 0.717) is 17.5 Å². The highest BCUT2D eigenvalue weighted by atomic mass is 19.1. The normalized spacial score (nSPS) is 13.2. The quantitative estimate of drug-likeness (QED) is 0.650. The first kappa shape index (κ1) is 17.9. The molecule has 0 bridgehead atoms. The van der Waals surface area contributed by atoms with Crippen molar-refractivity contribution in [2.45, 2.75) is 25.2 Å². The summed E-state index contributed by atoms with van der Waals surface area (Å²) in [7, 11) is 0. The first-order valence-electron chi connectivity index (χ1n) is 8.75. The molecule has 0 fully saturated rings. The molecule has 0 saturated heterocycles. The fraction of sp³-hybridized carbons (Fsp3) is 0.174. The van der Waals surface area contributed by atoms with Crippen LogP contribution >= 0.6 is 0 Å². The van der Waals surface area contributed by atoms with Gasteiger partial charge in [0.05, 0.1) is 5.92 Å². The zero-order chi connectivity index (χ0) is 18.5. The van der Waals surface area contributed by atoms with Gasteiger partial charge in [0.25, 0.3) is 0 Å². The monoisotopic (exact) mass is 347 g/mol. The Kier molecular flexibility index (Phi) is 5.47. The Morgan fingerprint density at radius 3 is 2.12 bits per heavy atom. The van der Waals surface area contributed by atoms with Crippen molar-refractivity contribution in [2.75, 3.05) is 0 Å². The summed E-state index contributed by atoms with van der Waals surface area (Å²) in [5, 5.41) is 0. The summed E-state index contributed by atoms with van der Waals surface area (Å²) >= 11 is 0. The van der Waals surface area contributed by atoms with Crippen molar-refractivity contribution >= 4 is 5.91 Å². The Hall–Kier alpha value is -2.94. The van der Waals surface area contributed by atoms with Gasteiger partial charge in [-0.25, -0.2) is 4.39 Å². The molecule has 0 saturated carbocycles. The van der Waals surface area contributed by atoms with Crippen LogP contribution in [-0.4, -0.2) is 5.91 Å². The summed E-state index contributed by atoms with van der Waals surface area (Å²) in [5.74, 6) is -1.15. The van der Waals surface area contributed by atoms with E-state index in [1.165, 1.54) is 6.07 Å². The van der Waals surface area contributed by atoms with E-state index < -0.39 is 11.8 Å².